The van der Waals surface area contributed by atoms with Gasteiger partial charge in [-0.15, -0.1) is 0 Å². The summed E-state index contributed by atoms with van der Waals surface area (Å²) in [4.78, 5) is 34.8. The Morgan fingerprint density at radius 1 is 1.14 bits per heavy atom. The lowest BCUT2D eigenvalue weighted by molar-refractivity contribution is -0.137. The van der Waals surface area contributed by atoms with E-state index in [2.05, 4.69) is 10.6 Å². The summed E-state index contributed by atoms with van der Waals surface area (Å²) in [7, 11) is 1.66. The minimum absolute atomic E-state index is 0.0399. The van der Waals surface area contributed by atoms with Gasteiger partial charge in [-0.1, -0.05) is 30.3 Å². The van der Waals surface area contributed by atoms with Gasteiger partial charge in [0.25, 0.3) is 0 Å². The maximum atomic E-state index is 11.8. The third-order valence-electron chi connectivity index (χ3n) is 2.67. The van der Waals surface area contributed by atoms with Crippen molar-refractivity contribution in [3.05, 3.63) is 35.9 Å². The number of aliphatic carboxylic acids is 1. The van der Waals surface area contributed by atoms with Gasteiger partial charge in [0.05, 0.1) is 0 Å². The van der Waals surface area contributed by atoms with Crippen LogP contribution in [0.2, 0.25) is 0 Å². The maximum absolute atomic E-state index is 11.8. The highest BCUT2D eigenvalue weighted by atomic mass is 16.4. The van der Waals surface area contributed by atoms with Crippen molar-refractivity contribution in [1.29, 1.82) is 0 Å². The van der Waals surface area contributed by atoms with Gasteiger partial charge in [-0.25, -0.2) is 4.79 Å². The Morgan fingerprint density at radius 3 is 2.43 bits per heavy atom. The average molecular weight is 293 g/mol. The molecule has 21 heavy (non-hydrogen) atoms. The molecule has 7 nitrogen and oxygen atoms in total. The van der Waals surface area contributed by atoms with Crippen molar-refractivity contribution in [1.82, 2.24) is 15.5 Å². The number of amides is 3. The van der Waals surface area contributed by atoms with Crippen molar-refractivity contribution in [3.63, 3.8) is 0 Å². The molecule has 1 aromatic carbocycles. The van der Waals surface area contributed by atoms with Crippen molar-refractivity contribution in [2.24, 2.45) is 0 Å². The first-order valence-corrected chi connectivity index (χ1v) is 6.50. The van der Waals surface area contributed by atoms with Gasteiger partial charge in [-0.3, -0.25) is 9.59 Å². The van der Waals surface area contributed by atoms with Crippen molar-refractivity contribution < 1.29 is 19.5 Å². The second-order valence-electron chi connectivity index (χ2n) is 4.49. The van der Waals surface area contributed by atoms with Crippen LogP contribution in [0, 0.1) is 0 Å². The zero-order valence-corrected chi connectivity index (χ0v) is 11.8. The summed E-state index contributed by atoms with van der Waals surface area (Å²) in [6.45, 7) is 0.210. The summed E-state index contributed by atoms with van der Waals surface area (Å²) in [5.74, 6) is -1.52. The van der Waals surface area contributed by atoms with Gasteiger partial charge in [-0.2, -0.15) is 0 Å². The molecule has 1 rings (SSSR count). The summed E-state index contributed by atoms with van der Waals surface area (Å²) < 4.78 is 0. The highest BCUT2D eigenvalue weighted by Crippen LogP contribution is 2.02. The summed E-state index contributed by atoms with van der Waals surface area (Å²) >= 11 is 0. The predicted octanol–water partition coefficient (Wildman–Crippen LogP) is 0.419. The summed E-state index contributed by atoms with van der Waals surface area (Å²) in [5.41, 5.74) is 1.01. The third-order valence-corrected chi connectivity index (χ3v) is 2.67. The maximum Gasteiger partial charge on any atom is 0.322 e. The van der Waals surface area contributed by atoms with Crippen LogP contribution in [-0.2, 0) is 16.1 Å². The van der Waals surface area contributed by atoms with Crippen LogP contribution in [0.3, 0.4) is 0 Å². The summed E-state index contributed by atoms with van der Waals surface area (Å²) in [5, 5.41) is 13.2. The molecule has 1 aromatic rings. The molecule has 0 aromatic heterocycles. The monoisotopic (exact) mass is 293 g/mol. The van der Waals surface area contributed by atoms with Crippen LogP contribution < -0.4 is 10.6 Å². The molecule has 0 saturated heterocycles. The lowest BCUT2D eigenvalue weighted by atomic mass is 10.2. The van der Waals surface area contributed by atoms with Crippen LogP contribution in [0.4, 0.5) is 4.79 Å². The molecule has 0 aliphatic rings. The molecule has 0 aliphatic carbocycles. The molecular weight excluding hydrogens is 274 g/mol. The molecule has 0 heterocycles. The molecule has 0 spiro atoms. The number of nitrogens with one attached hydrogen (secondary N) is 2. The highest BCUT2D eigenvalue weighted by molar-refractivity contribution is 5.81. The fourth-order valence-electron chi connectivity index (χ4n) is 1.61. The molecule has 7 heteroatoms. The average Bonchev–Trinajstić information content (AvgIpc) is 2.46. The Morgan fingerprint density at radius 2 is 1.81 bits per heavy atom. The molecule has 0 atom stereocenters. The topological polar surface area (TPSA) is 98.7 Å². The molecule has 114 valence electrons. The Hall–Kier alpha value is -2.57. The number of hydrogen-bond donors (Lipinski definition) is 3. The molecular formula is C14H19N3O4. The summed E-state index contributed by atoms with van der Waals surface area (Å²) in [6.07, 6.45) is 0.0399. The minimum atomic E-state index is -1.10. The van der Waals surface area contributed by atoms with Gasteiger partial charge < -0.3 is 20.6 Å². The SMILES string of the molecule is CN(Cc1ccccc1)C(=O)NCCC(=O)NCC(=O)O. The van der Waals surface area contributed by atoms with E-state index in [-0.39, 0.29) is 19.0 Å². The van der Waals surface area contributed by atoms with Crippen LogP contribution >= 0.6 is 0 Å². The molecule has 0 unspecified atom stereocenters. The molecule has 3 N–H and O–H groups in total. The van der Waals surface area contributed by atoms with E-state index in [1.54, 1.807) is 7.05 Å². The van der Waals surface area contributed by atoms with E-state index in [1.165, 1.54) is 4.90 Å². The molecule has 0 fully saturated rings. The van der Waals surface area contributed by atoms with Gasteiger partial charge >= 0.3 is 12.0 Å². The molecule has 0 radical (unpaired) electrons. The predicted molar refractivity (Wildman–Crippen MR) is 76.6 cm³/mol. The van der Waals surface area contributed by atoms with E-state index in [1.807, 2.05) is 30.3 Å². The number of carboxylic acids is 1. The number of carbonyl (C=O) groups excluding carboxylic acids is 2. The number of benzene rings is 1. The van der Waals surface area contributed by atoms with Crippen molar-refractivity contribution >= 4 is 17.9 Å². The van der Waals surface area contributed by atoms with Gasteiger partial charge in [0.2, 0.25) is 5.91 Å². The molecule has 0 saturated carbocycles. The summed E-state index contributed by atoms with van der Waals surface area (Å²) in [6, 6.07) is 9.25. The second-order valence-corrected chi connectivity index (χ2v) is 4.49. The van der Waals surface area contributed by atoms with Crippen molar-refractivity contribution in [3.8, 4) is 0 Å². The third kappa shape index (κ3) is 6.95. The second kappa shape index (κ2) is 8.57. The van der Waals surface area contributed by atoms with Gasteiger partial charge in [-0.05, 0) is 5.56 Å². The van der Waals surface area contributed by atoms with E-state index in [4.69, 9.17) is 5.11 Å². The van der Waals surface area contributed by atoms with Gasteiger partial charge in [0.1, 0.15) is 6.54 Å². The fourth-order valence-corrected chi connectivity index (χ4v) is 1.61. The standard InChI is InChI=1S/C14H19N3O4/c1-17(10-11-5-3-2-4-6-11)14(21)15-8-7-12(18)16-9-13(19)20/h2-6H,7-10H2,1H3,(H,15,21)(H,16,18)(H,19,20). The van der Waals surface area contributed by atoms with Crippen molar-refractivity contribution in [2.45, 2.75) is 13.0 Å². The lowest BCUT2D eigenvalue weighted by Crippen LogP contribution is -2.39. The smallest absolute Gasteiger partial charge is 0.322 e. The molecule has 3 amide bonds. The van der Waals surface area contributed by atoms with Crippen molar-refractivity contribution in [2.75, 3.05) is 20.1 Å². The normalized spacial score (nSPS) is 9.76. The fraction of sp³-hybridized carbons (Fsp3) is 0.357. The highest BCUT2D eigenvalue weighted by Gasteiger charge is 2.09. The van der Waals surface area contributed by atoms with Crippen LogP contribution in [0.5, 0.6) is 0 Å². The number of carboxylic acid groups (broad SMARTS) is 1. The van der Waals surface area contributed by atoms with E-state index in [0.29, 0.717) is 6.54 Å². The largest absolute Gasteiger partial charge is 0.480 e. The van der Waals surface area contributed by atoms with Crippen LogP contribution in [0.1, 0.15) is 12.0 Å². The van der Waals surface area contributed by atoms with E-state index >= 15 is 0 Å². The first kappa shape index (κ1) is 16.5. The number of urea groups is 1. The Bertz CT molecular complexity index is 490. The van der Waals surface area contributed by atoms with Crippen LogP contribution in [0.15, 0.2) is 30.3 Å². The Kier molecular flexibility index (Phi) is 6.73. The van der Waals surface area contributed by atoms with E-state index < -0.39 is 18.4 Å². The zero-order valence-electron chi connectivity index (χ0n) is 11.8. The number of rotatable bonds is 7. The first-order valence-electron chi connectivity index (χ1n) is 6.50. The van der Waals surface area contributed by atoms with Crippen LogP contribution in [-0.4, -0.2) is 48.1 Å². The van der Waals surface area contributed by atoms with Gasteiger partial charge in [0.15, 0.2) is 0 Å². The molecule has 0 bridgehead atoms. The Balaban J connectivity index is 2.24. The quantitative estimate of drug-likeness (QED) is 0.678. The number of hydrogen-bond acceptors (Lipinski definition) is 3. The van der Waals surface area contributed by atoms with Gasteiger partial charge in [0, 0.05) is 26.6 Å². The lowest BCUT2D eigenvalue weighted by Gasteiger charge is -2.18. The minimum Gasteiger partial charge on any atom is -0.480 e. The number of nitrogens with zero attached hydrogens (tertiary/aromatic N) is 1. The van der Waals surface area contributed by atoms with E-state index in [0.717, 1.165) is 5.56 Å². The van der Waals surface area contributed by atoms with E-state index in [9.17, 15) is 14.4 Å². The Labute approximate surface area is 122 Å². The zero-order chi connectivity index (χ0) is 15.7. The molecule has 0 aliphatic heterocycles. The van der Waals surface area contributed by atoms with Crippen LogP contribution in [0.25, 0.3) is 0 Å². The number of carbonyl (C=O) groups is 3. The first-order chi connectivity index (χ1) is 9.99.